The van der Waals surface area contributed by atoms with Gasteiger partial charge < -0.3 is 10.6 Å². The van der Waals surface area contributed by atoms with Crippen LogP contribution < -0.4 is 10.6 Å². The summed E-state index contributed by atoms with van der Waals surface area (Å²) in [7, 11) is 0. The van der Waals surface area contributed by atoms with Gasteiger partial charge in [-0.2, -0.15) is 0 Å². The van der Waals surface area contributed by atoms with E-state index in [1.165, 1.54) is 0 Å². The molecule has 0 unspecified atom stereocenters. The lowest BCUT2D eigenvalue weighted by molar-refractivity contribution is 0.249. The quantitative estimate of drug-likeness (QED) is 0.802. The summed E-state index contributed by atoms with van der Waals surface area (Å²) in [6.07, 6.45) is 0. The second-order valence-electron chi connectivity index (χ2n) is 4.86. The van der Waals surface area contributed by atoms with Crippen LogP contribution in [0.3, 0.4) is 0 Å². The van der Waals surface area contributed by atoms with Crippen molar-refractivity contribution in [1.82, 2.24) is 5.32 Å². The van der Waals surface area contributed by atoms with E-state index in [0.717, 1.165) is 16.8 Å². The fourth-order valence-electron chi connectivity index (χ4n) is 2.02. The molecule has 0 aromatic heterocycles. The zero-order chi connectivity index (χ0) is 15.4. The van der Waals surface area contributed by atoms with Gasteiger partial charge in [-0.05, 0) is 49.2 Å². The Morgan fingerprint density at radius 3 is 2.57 bits per heavy atom. The number of nitrogens with one attached hydrogen (secondary N) is 2. The minimum Gasteiger partial charge on any atom is -0.331 e. The zero-order valence-corrected chi connectivity index (χ0v) is 13.3. The first-order valence-corrected chi connectivity index (χ1v) is 7.30. The van der Waals surface area contributed by atoms with Crippen molar-refractivity contribution in [3.8, 4) is 0 Å². The molecule has 110 valence electrons. The molecule has 0 radical (unpaired) electrons. The molecule has 0 bridgehead atoms. The Hall–Kier alpha value is -1.71. The van der Waals surface area contributed by atoms with Gasteiger partial charge in [0.1, 0.15) is 0 Å². The Labute approximate surface area is 134 Å². The van der Waals surface area contributed by atoms with Crippen LogP contribution in [0.1, 0.15) is 24.1 Å². The molecule has 2 N–H and O–H groups in total. The maximum atomic E-state index is 12.0. The summed E-state index contributed by atoms with van der Waals surface area (Å²) in [5.74, 6) is 0. The molecule has 0 heterocycles. The third-order valence-electron chi connectivity index (χ3n) is 3.05. The number of benzene rings is 2. The number of urea groups is 1. The predicted molar refractivity (Wildman–Crippen MR) is 88.2 cm³/mol. The molecule has 0 aliphatic rings. The SMILES string of the molecule is Cc1cccc(NC(=O)N[C@@H](C)c2ccc(Cl)cc2Cl)c1. The molecule has 0 fully saturated rings. The molecule has 5 heteroatoms. The van der Waals surface area contributed by atoms with Gasteiger partial charge in [0.15, 0.2) is 0 Å². The number of hydrogen-bond donors (Lipinski definition) is 2. The highest BCUT2D eigenvalue weighted by atomic mass is 35.5. The van der Waals surface area contributed by atoms with E-state index in [-0.39, 0.29) is 12.1 Å². The Morgan fingerprint density at radius 2 is 1.90 bits per heavy atom. The van der Waals surface area contributed by atoms with Crippen LogP contribution >= 0.6 is 23.2 Å². The lowest BCUT2D eigenvalue weighted by atomic mass is 10.1. The molecule has 2 aromatic rings. The second kappa shape index (κ2) is 6.83. The van der Waals surface area contributed by atoms with E-state index in [1.54, 1.807) is 12.1 Å². The van der Waals surface area contributed by atoms with Crippen molar-refractivity contribution < 1.29 is 4.79 Å². The maximum absolute atomic E-state index is 12.0. The highest BCUT2D eigenvalue weighted by Crippen LogP contribution is 2.26. The molecule has 3 nitrogen and oxygen atoms in total. The summed E-state index contributed by atoms with van der Waals surface area (Å²) in [6.45, 7) is 3.84. The van der Waals surface area contributed by atoms with Crippen molar-refractivity contribution in [1.29, 1.82) is 0 Å². The molecular weight excluding hydrogens is 307 g/mol. The van der Waals surface area contributed by atoms with E-state index in [1.807, 2.05) is 44.2 Å². The molecule has 0 spiro atoms. The highest BCUT2D eigenvalue weighted by Gasteiger charge is 2.13. The van der Waals surface area contributed by atoms with Gasteiger partial charge in [0.25, 0.3) is 0 Å². The van der Waals surface area contributed by atoms with Crippen molar-refractivity contribution in [2.24, 2.45) is 0 Å². The molecule has 0 aliphatic heterocycles. The molecule has 2 rings (SSSR count). The topological polar surface area (TPSA) is 41.1 Å². The van der Waals surface area contributed by atoms with Crippen LogP contribution in [0.25, 0.3) is 0 Å². The fourth-order valence-corrected chi connectivity index (χ4v) is 2.59. The van der Waals surface area contributed by atoms with Gasteiger partial charge in [0.05, 0.1) is 6.04 Å². The smallest absolute Gasteiger partial charge is 0.319 e. The largest absolute Gasteiger partial charge is 0.331 e. The number of anilines is 1. The standard InChI is InChI=1S/C16H16Cl2N2O/c1-10-4-3-5-13(8-10)20-16(21)19-11(2)14-7-6-12(17)9-15(14)18/h3-9,11H,1-2H3,(H2,19,20,21)/t11-/m0/s1. The molecule has 21 heavy (non-hydrogen) atoms. The summed E-state index contributed by atoms with van der Waals surface area (Å²) < 4.78 is 0. The van der Waals surface area contributed by atoms with Crippen molar-refractivity contribution in [2.75, 3.05) is 5.32 Å². The number of halogens is 2. The first-order chi connectivity index (χ1) is 9.95. The van der Waals surface area contributed by atoms with E-state index >= 15 is 0 Å². The van der Waals surface area contributed by atoms with E-state index < -0.39 is 0 Å². The van der Waals surface area contributed by atoms with Gasteiger partial charge in [0, 0.05) is 15.7 Å². The fraction of sp³-hybridized carbons (Fsp3) is 0.188. The molecule has 0 saturated carbocycles. The van der Waals surface area contributed by atoms with E-state index in [2.05, 4.69) is 10.6 Å². The van der Waals surface area contributed by atoms with E-state index in [0.29, 0.717) is 10.0 Å². The molecular formula is C16H16Cl2N2O. The molecule has 1 atom stereocenters. The number of carbonyl (C=O) groups is 1. The Balaban J connectivity index is 2.02. The summed E-state index contributed by atoms with van der Waals surface area (Å²) in [6, 6.07) is 12.3. The van der Waals surface area contributed by atoms with Crippen LogP contribution in [-0.4, -0.2) is 6.03 Å². The van der Waals surface area contributed by atoms with E-state index in [4.69, 9.17) is 23.2 Å². The highest BCUT2D eigenvalue weighted by molar-refractivity contribution is 6.35. The van der Waals surface area contributed by atoms with Crippen molar-refractivity contribution in [3.05, 3.63) is 63.6 Å². The lowest BCUT2D eigenvalue weighted by Crippen LogP contribution is -2.31. The van der Waals surface area contributed by atoms with Crippen LogP contribution in [0.5, 0.6) is 0 Å². The summed E-state index contributed by atoms with van der Waals surface area (Å²) in [5, 5.41) is 6.74. The van der Waals surface area contributed by atoms with Gasteiger partial charge in [-0.25, -0.2) is 4.79 Å². The average molecular weight is 323 g/mol. The third-order valence-corrected chi connectivity index (χ3v) is 3.61. The number of hydrogen-bond acceptors (Lipinski definition) is 1. The van der Waals surface area contributed by atoms with Gasteiger partial charge in [-0.15, -0.1) is 0 Å². The average Bonchev–Trinajstić information content (AvgIpc) is 2.38. The number of carbonyl (C=O) groups excluding carboxylic acids is 1. The normalized spacial score (nSPS) is 11.8. The molecule has 2 aromatic carbocycles. The first kappa shape index (κ1) is 15.7. The van der Waals surface area contributed by atoms with Gasteiger partial charge >= 0.3 is 6.03 Å². The van der Waals surface area contributed by atoms with Gasteiger partial charge in [0.2, 0.25) is 0 Å². The van der Waals surface area contributed by atoms with E-state index in [9.17, 15) is 4.79 Å². The summed E-state index contributed by atoms with van der Waals surface area (Å²) >= 11 is 12.0. The minimum atomic E-state index is -0.279. The molecule has 0 saturated heterocycles. The van der Waals surface area contributed by atoms with Crippen molar-refractivity contribution in [2.45, 2.75) is 19.9 Å². The second-order valence-corrected chi connectivity index (χ2v) is 5.70. The van der Waals surface area contributed by atoms with Crippen LogP contribution in [0.4, 0.5) is 10.5 Å². The van der Waals surface area contributed by atoms with Crippen molar-refractivity contribution in [3.63, 3.8) is 0 Å². The van der Waals surface area contributed by atoms with Crippen LogP contribution in [-0.2, 0) is 0 Å². The van der Waals surface area contributed by atoms with Crippen LogP contribution in [0.2, 0.25) is 10.0 Å². The zero-order valence-electron chi connectivity index (χ0n) is 11.8. The minimum absolute atomic E-state index is 0.223. The number of amides is 2. The Kier molecular flexibility index (Phi) is 5.10. The predicted octanol–water partition coefficient (Wildman–Crippen LogP) is 5.18. The summed E-state index contributed by atoms with van der Waals surface area (Å²) in [4.78, 5) is 12.0. The maximum Gasteiger partial charge on any atom is 0.319 e. The van der Waals surface area contributed by atoms with Crippen LogP contribution in [0, 0.1) is 6.92 Å². The lowest BCUT2D eigenvalue weighted by Gasteiger charge is -2.16. The monoisotopic (exact) mass is 322 g/mol. The Morgan fingerprint density at radius 1 is 1.14 bits per heavy atom. The number of aryl methyl sites for hydroxylation is 1. The summed E-state index contributed by atoms with van der Waals surface area (Å²) in [5.41, 5.74) is 2.66. The molecule has 2 amide bonds. The third kappa shape index (κ3) is 4.38. The van der Waals surface area contributed by atoms with Crippen molar-refractivity contribution >= 4 is 34.9 Å². The first-order valence-electron chi connectivity index (χ1n) is 6.55. The number of rotatable bonds is 3. The van der Waals surface area contributed by atoms with Gasteiger partial charge in [-0.3, -0.25) is 0 Å². The Bertz CT molecular complexity index is 658. The van der Waals surface area contributed by atoms with Gasteiger partial charge in [-0.1, -0.05) is 41.4 Å². The molecule has 0 aliphatic carbocycles. The van der Waals surface area contributed by atoms with Crippen LogP contribution in [0.15, 0.2) is 42.5 Å².